The third-order valence-corrected chi connectivity index (χ3v) is 3.60. The van der Waals surface area contributed by atoms with Crippen LogP contribution in [0.15, 0.2) is 34.9 Å². The Morgan fingerprint density at radius 1 is 1.33 bits per heavy atom. The highest BCUT2D eigenvalue weighted by Gasteiger charge is 2.28. The number of ether oxygens (including phenoxy) is 1. The van der Waals surface area contributed by atoms with Crippen LogP contribution in [0.2, 0.25) is 0 Å². The van der Waals surface area contributed by atoms with Crippen molar-refractivity contribution in [1.82, 2.24) is 15.4 Å². The number of hydrogen-bond acceptors (Lipinski definition) is 6. The number of esters is 1. The van der Waals surface area contributed by atoms with E-state index in [0.717, 1.165) is 4.90 Å². The summed E-state index contributed by atoms with van der Waals surface area (Å²) in [4.78, 5) is 36.7. The molecule has 2 heterocycles. The second-order valence-electron chi connectivity index (χ2n) is 5.18. The molecule has 2 aromatic rings. The molecule has 0 unspecified atom stereocenters. The number of aryl methyl sites for hydroxylation is 1. The molecule has 0 saturated carbocycles. The first-order chi connectivity index (χ1) is 11.6. The molecule has 3 rings (SSSR count). The molecule has 8 heteroatoms. The SMILES string of the molecule is Cc1onc(-c2ccccc2)c1C(=O)OCC(=O)N1CCNC1=O. The van der Waals surface area contributed by atoms with Gasteiger partial charge in [-0.05, 0) is 6.92 Å². The topological polar surface area (TPSA) is 102 Å². The molecule has 1 N–H and O–H groups in total. The molecule has 24 heavy (non-hydrogen) atoms. The Bertz CT molecular complexity index is 784. The average molecular weight is 329 g/mol. The van der Waals surface area contributed by atoms with Gasteiger partial charge in [0.1, 0.15) is 17.0 Å². The van der Waals surface area contributed by atoms with Crippen molar-refractivity contribution in [2.45, 2.75) is 6.92 Å². The molecule has 8 nitrogen and oxygen atoms in total. The molecule has 3 amide bonds. The normalized spacial score (nSPS) is 13.7. The highest BCUT2D eigenvalue weighted by Crippen LogP contribution is 2.25. The maximum Gasteiger partial charge on any atom is 0.344 e. The summed E-state index contributed by atoms with van der Waals surface area (Å²) in [6.07, 6.45) is 0. The van der Waals surface area contributed by atoms with E-state index in [4.69, 9.17) is 9.26 Å². The molecule has 0 atom stereocenters. The van der Waals surface area contributed by atoms with Crippen LogP contribution in [0.5, 0.6) is 0 Å². The highest BCUT2D eigenvalue weighted by molar-refractivity contribution is 6.00. The summed E-state index contributed by atoms with van der Waals surface area (Å²) < 4.78 is 10.1. The molecule has 0 radical (unpaired) electrons. The van der Waals surface area contributed by atoms with Crippen molar-refractivity contribution in [3.05, 3.63) is 41.7 Å². The fourth-order valence-electron chi connectivity index (χ4n) is 2.39. The first kappa shape index (κ1) is 15.7. The number of carbonyl (C=O) groups is 3. The molecular weight excluding hydrogens is 314 g/mol. The molecule has 0 aliphatic carbocycles. The zero-order chi connectivity index (χ0) is 17.1. The standard InChI is InChI=1S/C16H15N3O5/c1-10-13(14(18-24-10)11-5-3-2-4-6-11)15(21)23-9-12(20)19-8-7-17-16(19)22/h2-6H,7-9H2,1H3,(H,17,22). The van der Waals surface area contributed by atoms with Crippen LogP contribution in [0.3, 0.4) is 0 Å². The van der Waals surface area contributed by atoms with Crippen LogP contribution < -0.4 is 5.32 Å². The van der Waals surface area contributed by atoms with E-state index < -0.39 is 24.5 Å². The number of nitrogens with one attached hydrogen (secondary N) is 1. The van der Waals surface area contributed by atoms with Gasteiger partial charge in [-0.25, -0.2) is 9.59 Å². The van der Waals surface area contributed by atoms with Gasteiger partial charge in [0.25, 0.3) is 5.91 Å². The third-order valence-electron chi connectivity index (χ3n) is 3.60. The number of carbonyl (C=O) groups excluding carboxylic acids is 3. The molecule has 1 aromatic heterocycles. The monoisotopic (exact) mass is 329 g/mol. The van der Waals surface area contributed by atoms with E-state index in [1.54, 1.807) is 19.1 Å². The fraction of sp³-hybridized carbons (Fsp3) is 0.250. The average Bonchev–Trinajstić information content (AvgIpc) is 3.19. The molecule has 1 aliphatic rings. The largest absolute Gasteiger partial charge is 0.452 e. The second-order valence-corrected chi connectivity index (χ2v) is 5.18. The molecule has 1 aliphatic heterocycles. The zero-order valence-electron chi connectivity index (χ0n) is 12.9. The molecule has 124 valence electrons. The highest BCUT2D eigenvalue weighted by atomic mass is 16.5. The van der Waals surface area contributed by atoms with Gasteiger partial charge >= 0.3 is 12.0 Å². The predicted octanol–water partition coefficient (Wildman–Crippen LogP) is 1.36. The molecule has 0 bridgehead atoms. The predicted molar refractivity (Wildman–Crippen MR) is 82.1 cm³/mol. The van der Waals surface area contributed by atoms with Crippen molar-refractivity contribution in [1.29, 1.82) is 0 Å². The van der Waals surface area contributed by atoms with Crippen molar-refractivity contribution >= 4 is 17.9 Å². The van der Waals surface area contributed by atoms with E-state index >= 15 is 0 Å². The lowest BCUT2D eigenvalue weighted by atomic mass is 10.1. The van der Waals surface area contributed by atoms with E-state index in [2.05, 4.69) is 10.5 Å². The number of aromatic nitrogens is 1. The van der Waals surface area contributed by atoms with E-state index in [1.807, 2.05) is 18.2 Å². The van der Waals surface area contributed by atoms with Gasteiger partial charge in [-0.2, -0.15) is 0 Å². The van der Waals surface area contributed by atoms with Crippen LogP contribution in [-0.2, 0) is 9.53 Å². The van der Waals surface area contributed by atoms with E-state index in [-0.39, 0.29) is 12.1 Å². The van der Waals surface area contributed by atoms with Crippen LogP contribution in [-0.4, -0.2) is 47.7 Å². The summed E-state index contributed by atoms with van der Waals surface area (Å²) in [5, 5.41) is 6.39. The molecular formula is C16H15N3O5. The number of benzene rings is 1. The van der Waals surface area contributed by atoms with Crippen molar-refractivity contribution < 1.29 is 23.6 Å². The lowest BCUT2D eigenvalue weighted by molar-refractivity contribution is -0.130. The fourth-order valence-corrected chi connectivity index (χ4v) is 2.39. The van der Waals surface area contributed by atoms with Gasteiger partial charge in [0.15, 0.2) is 6.61 Å². The van der Waals surface area contributed by atoms with Gasteiger partial charge in [-0.1, -0.05) is 35.5 Å². The summed E-state index contributed by atoms with van der Waals surface area (Å²) in [5.74, 6) is -1.00. The molecule has 1 aromatic carbocycles. The Morgan fingerprint density at radius 3 is 2.75 bits per heavy atom. The smallest absolute Gasteiger partial charge is 0.344 e. The van der Waals surface area contributed by atoms with Gasteiger partial charge in [0.05, 0.1) is 0 Å². The Morgan fingerprint density at radius 2 is 2.08 bits per heavy atom. The minimum Gasteiger partial charge on any atom is -0.452 e. The Balaban J connectivity index is 1.73. The first-order valence-corrected chi connectivity index (χ1v) is 7.35. The van der Waals surface area contributed by atoms with Crippen LogP contribution in [0.1, 0.15) is 16.1 Å². The maximum atomic E-state index is 12.3. The minimum absolute atomic E-state index is 0.167. The summed E-state index contributed by atoms with van der Waals surface area (Å²) in [6.45, 7) is 1.72. The summed E-state index contributed by atoms with van der Waals surface area (Å²) in [6, 6.07) is 8.55. The summed E-state index contributed by atoms with van der Waals surface area (Å²) >= 11 is 0. The van der Waals surface area contributed by atoms with Crippen molar-refractivity contribution in [2.75, 3.05) is 19.7 Å². The van der Waals surface area contributed by atoms with Crippen LogP contribution in [0.25, 0.3) is 11.3 Å². The van der Waals surface area contributed by atoms with Crippen molar-refractivity contribution in [3.8, 4) is 11.3 Å². The summed E-state index contributed by atoms with van der Waals surface area (Å²) in [5.41, 5.74) is 1.22. The van der Waals surface area contributed by atoms with Crippen LogP contribution in [0.4, 0.5) is 4.79 Å². The Labute approximate surface area is 137 Å². The second kappa shape index (κ2) is 6.53. The number of rotatable bonds is 4. The molecule has 1 fully saturated rings. The number of hydrogen-bond donors (Lipinski definition) is 1. The Kier molecular flexibility index (Phi) is 4.28. The van der Waals surface area contributed by atoms with Crippen LogP contribution >= 0.6 is 0 Å². The van der Waals surface area contributed by atoms with Gasteiger partial charge in [0, 0.05) is 18.7 Å². The quantitative estimate of drug-likeness (QED) is 0.850. The number of amides is 3. The number of urea groups is 1. The maximum absolute atomic E-state index is 12.3. The van der Waals surface area contributed by atoms with Crippen molar-refractivity contribution in [2.24, 2.45) is 0 Å². The lowest BCUT2D eigenvalue weighted by Gasteiger charge is -2.12. The van der Waals surface area contributed by atoms with Gasteiger partial charge in [0.2, 0.25) is 0 Å². The number of imide groups is 1. The van der Waals surface area contributed by atoms with Crippen LogP contribution in [0, 0.1) is 6.92 Å². The van der Waals surface area contributed by atoms with E-state index in [9.17, 15) is 14.4 Å². The number of nitrogens with zero attached hydrogens (tertiary/aromatic N) is 2. The zero-order valence-corrected chi connectivity index (χ0v) is 12.9. The van der Waals surface area contributed by atoms with Crippen molar-refractivity contribution in [3.63, 3.8) is 0 Å². The first-order valence-electron chi connectivity index (χ1n) is 7.35. The minimum atomic E-state index is -0.722. The summed E-state index contributed by atoms with van der Waals surface area (Å²) in [7, 11) is 0. The molecule has 0 spiro atoms. The van der Waals surface area contributed by atoms with Gasteiger partial charge < -0.3 is 14.6 Å². The van der Waals surface area contributed by atoms with E-state index in [1.165, 1.54) is 0 Å². The lowest BCUT2D eigenvalue weighted by Crippen LogP contribution is -2.37. The molecule has 1 saturated heterocycles. The Hall–Kier alpha value is -3.16. The van der Waals surface area contributed by atoms with E-state index in [0.29, 0.717) is 23.6 Å². The van der Waals surface area contributed by atoms with Gasteiger partial charge in [-0.15, -0.1) is 0 Å². The third kappa shape index (κ3) is 2.98. The van der Waals surface area contributed by atoms with Gasteiger partial charge in [-0.3, -0.25) is 9.69 Å².